The van der Waals surface area contributed by atoms with Gasteiger partial charge in [0, 0.05) is 12.1 Å². The number of amides is 2. The highest BCUT2D eigenvalue weighted by Crippen LogP contribution is 2.32. The van der Waals surface area contributed by atoms with Crippen LogP contribution in [0.2, 0.25) is 0 Å². The molecular weight excluding hydrogens is 424 g/mol. The van der Waals surface area contributed by atoms with Crippen molar-refractivity contribution in [2.24, 2.45) is 0 Å². The maximum Gasteiger partial charge on any atom is 0.325 e. The van der Waals surface area contributed by atoms with Crippen molar-refractivity contribution in [2.45, 2.75) is 6.54 Å². The number of nitrogens with one attached hydrogen (secondary N) is 2. The SMILES string of the molecule is O=C(COC(=O)CNC(=O)c1ccc(-c2ccccc2)cc1)NCc1ccc2c(c1)OCO2. The van der Waals surface area contributed by atoms with Gasteiger partial charge in [0.25, 0.3) is 11.8 Å². The van der Waals surface area contributed by atoms with Gasteiger partial charge >= 0.3 is 5.97 Å². The Bertz CT molecular complexity index is 1150. The van der Waals surface area contributed by atoms with Crippen molar-refractivity contribution in [3.63, 3.8) is 0 Å². The predicted octanol–water partition coefficient (Wildman–Crippen LogP) is 2.67. The van der Waals surface area contributed by atoms with Crippen molar-refractivity contribution in [3.8, 4) is 22.6 Å². The minimum atomic E-state index is -0.706. The van der Waals surface area contributed by atoms with Gasteiger partial charge in [0.1, 0.15) is 6.54 Å². The van der Waals surface area contributed by atoms with Crippen molar-refractivity contribution < 1.29 is 28.6 Å². The Labute approximate surface area is 190 Å². The topological polar surface area (TPSA) is 103 Å². The van der Waals surface area contributed by atoms with E-state index in [1.807, 2.05) is 48.5 Å². The highest BCUT2D eigenvalue weighted by molar-refractivity contribution is 5.96. The van der Waals surface area contributed by atoms with Crippen LogP contribution in [0.4, 0.5) is 0 Å². The van der Waals surface area contributed by atoms with Crippen molar-refractivity contribution in [2.75, 3.05) is 19.9 Å². The van der Waals surface area contributed by atoms with Crippen LogP contribution in [0.1, 0.15) is 15.9 Å². The van der Waals surface area contributed by atoms with Gasteiger partial charge < -0.3 is 24.8 Å². The van der Waals surface area contributed by atoms with Gasteiger partial charge in [-0.05, 0) is 41.0 Å². The molecule has 0 bridgehead atoms. The maximum atomic E-state index is 12.3. The van der Waals surface area contributed by atoms with E-state index >= 15 is 0 Å². The molecular formula is C25H22N2O6. The third-order valence-electron chi connectivity index (χ3n) is 4.94. The Hall–Kier alpha value is -4.33. The lowest BCUT2D eigenvalue weighted by Gasteiger charge is -2.08. The number of benzene rings is 3. The molecule has 33 heavy (non-hydrogen) atoms. The lowest BCUT2D eigenvalue weighted by Crippen LogP contribution is -2.33. The summed E-state index contributed by atoms with van der Waals surface area (Å²) in [6.07, 6.45) is 0. The second kappa shape index (κ2) is 10.3. The summed E-state index contributed by atoms with van der Waals surface area (Å²) in [7, 11) is 0. The quantitative estimate of drug-likeness (QED) is 0.516. The second-order valence-electron chi connectivity index (χ2n) is 7.25. The first-order valence-electron chi connectivity index (χ1n) is 10.3. The van der Waals surface area contributed by atoms with E-state index in [-0.39, 0.29) is 19.9 Å². The van der Waals surface area contributed by atoms with Gasteiger partial charge in [0.15, 0.2) is 18.1 Å². The molecule has 3 aromatic carbocycles. The van der Waals surface area contributed by atoms with Crippen LogP contribution in [0.15, 0.2) is 72.8 Å². The number of ether oxygens (including phenoxy) is 3. The molecule has 8 heteroatoms. The first-order valence-corrected chi connectivity index (χ1v) is 10.3. The summed E-state index contributed by atoms with van der Waals surface area (Å²) in [6, 6.07) is 22.2. The second-order valence-corrected chi connectivity index (χ2v) is 7.25. The molecule has 0 saturated carbocycles. The highest BCUT2D eigenvalue weighted by Gasteiger charge is 2.14. The smallest absolute Gasteiger partial charge is 0.325 e. The highest BCUT2D eigenvalue weighted by atomic mass is 16.7. The molecule has 1 aliphatic heterocycles. The predicted molar refractivity (Wildman–Crippen MR) is 120 cm³/mol. The van der Waals surface area contributed by atoms with E-state index in [1.165, 1.54) is 0 Å². The summed E-state index contributed by atoms with van der Waals surface area (Å²) >= 11 is 0. The van der Waals surface area contributed by atoms with E-state index < -0.39 is 24.4 Å². The number of carbonyl (C=O) groups excluding carboxylic acids is 3. The summed E-state index contributed by atoms with van der Waals surface area (Å²) in [5.41, 5.74) is 3.27. The zero-order chi connectivity index (χ0) is 23.0. The van der Waals surface area contributed by atoms with Gasteiger partial charge in [0.2, 0.25) is 6.79 Å². The fraction of sp³-hybridized carbons (Fsp3) is 0.160. The number of hydrogen-bond acceptors (Lipinski definition) is 6. The van der Waals surface area contributed by atoms with Gasteiger partial charge in [-0.1, -0.05) is 48.5 Å². The van der Waals surface area contributed by atoms with Crippen molar-refractivity contribution in [1.82, 2.24) is 10.6 Å². The minimum Gasteiger partial charge on any atom is -0.454 e. The monoisotopic (exact) mass is 446 g/mol. The normalized spacial score (nSPS) is 11.5. The zero-order valence-electron chi connectivity index (χ0n) is 17.7. The van der Waals surface area contributed by atoms with Crippen LogP contribution in [0, 0.1) is 0 Å². The summed E-state index contributed by atoms with van der Waals surface area (Å²) in [4.78, 5) is 36.1. The first kappa shape index (κ1) is 21.9. The summed E-state index contributed by atoms with van der Waals surface area (Å²) < 4.78 is 15.4. The Morgan fingerprint density at radius 1 is 0.818 bits per heavy atom. The third kappa shape index (κ3) is 5.88. The minimum absolute atomic E-state index is 0.177. The maximum absolute atomic E-state index is 12.3. The van der Waals surface area contributed by atoms with Crippen LogP contribution < -0.4 is 20.1 Å². The molecule has 1 aliphatic rings. The largest absolute Gasteiger partial charge is 0.454 e. The molecule has 2 N–H and O–H groups in total. The number of carbonyl (C=O) groups is 3. The molecule has 0 fully saturated rings. The molecule has 3 aromatic rings. The average Bonchev–Trinajstić information content (AvgIpc) is 3.33. The fourth-order valence-electron chi connectivity index (χ4n) is 3.20. The van der Waals surface area contributed by atoms with Crippen molar-refractivity contribution in [3.05, 3.63) is 83.9 Å². The Balaban J connectivity index is 1.17. The van der Waals surface area contributed by atoms with E-state index in [0.717, 1.165) is 16.7 Å². The van der Waals surface area contributed by atoms with E-state index in [9.17, 15) is 14.4 Å². The van der Waals surface area contributed by atoms with Crippen molar-refractivity contribution in [1.29, 1.82) is 0 Å². The Kier molecular flexibility index (Phi) is 6.84. The third-order valence-corrected chi connectivity index (χ3v) is 4.94. The van der Waals surface area contributed by atoms with E-state index in [0.29, 0.717) is 17.1 Å². The Morgan fingerprint density at radius 3 is 2.33 bits per heavy atom. The summed E-state index contributed by atoms with van der Waals surface area (Å²) in [5, 5.41) is 5.15. The molecule has 0 radical (unpaired) electrons. The summed E-state index contributed by atoms with van der Waals surface area (Å²) in [5.74, 6) is -0.281. The molecule has 2 amide bonds. The standard InChI is InChI=1S/C25H22N2O6/c28-23(26-13-17-6-11-21-22(12-17)33-16-32-21)15-31-24(29)14-27-25(30)20-9-7-19(8-10-20)18-4-2-1-3-5-18/h1-12H,13-16H2,(H,26,28)(H,27,30). The van der Waals surface area contributed by atoms with Gasteiger partial charge in [-0.2, -0.15) is 0 Å². The van der Waals surface area contributed by atoms with E-state index in [4.69, 9.17) is 14.2 Å². The zero-order valence-corrected chi connectivity index (χ0v) is 17.7. The molecule has 4 rings (SSSR count). The van der Waals surface area contributed by atoms with E-state index in [1.54, 1.807) is 24.3 Å². The average molecular weight is 446 g/mol. The molecule has 0 spiro atoms. The van der Waals surface area contributed by atoms with Gasteiger partial charge in [-0.3, -0.25) is 14.4 Å². The molecule has 1 heterocycles. The van der Waals surface area contributed by atoms with E-state index in [2.05, 4.69) is 10.6 Å². The number of fused-ring (bicyclic) bond motifs is 1. The van der Waals surface area contributed by atoms with Crippen LogP contribution in [-0.4, -0.2) is 37.7 Å². The van der Waals surface area contributed by atoms with Crippen LogP contribution in [-0.2, 0) is 20.9 Å². The van der Waals surface area contributed by atoms with Gasteiger partial charge in [0.05, 0.1) is 0 Å². The molecule has 0 unspecified atom stereocenters. The lowest BCUT2D eigenvalue weighted by atomic mass is 10.0. The molecule has 0 atom stereocenters. The van der Waals surface area contributed by atoms with Gasteiger partial charge in [-0.15, -0.1) is 0 Å². The number of rotatable bonds is 8. The number of hydrogen-bond donors (Lipinski definition) is 2. The molecule has 8 nitrogen and oxygen atoms in total. The molecule has 0 aliphatic carbocycles. The van der Waals surface area contributed by atoms with Crippen LogP contribution in [0.5, 0.6) is 11.5 Å². The lowest BCUT2D eigenvalue weighted by molar-refractivity contribution is -0.147. The van der Waals surface area contributed by atoms with Crippen LogP contribution in [0.25, 0.3) is 11.1 Å². The van der Waals surface area contributed by atoms with Crippen LogP contribution in [0.3, 0.4) is 0 Å². The Morgan fingerprint density at radius 2 is 1.55 bits per heavy atom. The summed E-state index contributed by atoms with van der Waals surface area (Å²) in [6.45, 7) is -0.348. The molecule has 168 valence electrons. The first-order chi connectivity index (χ1) is 16.1. The number of esters is 1. The van der Waals surface area contributed by atoms with Crippen LogP contribution >= 0.6 is 0 Å². The van der Waals surface area contributed by atoms with Crippen molar-refractivity contribution >= 4 is 17.8 Å². The molecule has 0 aromatic heterocycles. The van der Waals surface area contributed by atoms with Gasteiger partial charge in [-0.25, -0.2) is 0 Å². The fourth-order valence-corrected chi connectivity index (χ4v) is 3.20. The molecule has 0 saturated heterocycles.